The molecule has 1 aliphatic rings. The number of aromatic nitrogens is 2. The Morgan fingerprint density at radius 2 is 2.10 bits per heavy atom. The summed E-state index contributed by atoms with van der Waals surface area (Å²) in [6.45, 7) is 4.18. The Labute approximate surface area is 126 Å². The molecule has 3 rings (SSSR count). The second-order valence-corrected chi connectivity index (χ2v) is 5.89. The average molecular weight is 285 g/mol. The molecule has 1 heterocycles. The van der Waals surface area contributed by atoms with E-state index in [4.69, 9.17) is 4.74 Å². The first-order valence-electron chi connectivity index (χ1n) is 7.51. The smallest absolute Gasteiger partial charge is 0.119 e. The fourth-order valence-electron chi connectivity index (χ4n) is 3.17. The number of nitrogens with zero attached hydrogens (tertiary/aromatic N) is 2. The standard InChI is InChI=1S/C17H23N3O/c1-11-17(12(2)20(3)19-11)18-15-7-5-13-6-8-16(21-4)10-14(13)9-15/h6,8,10,15,18H,5,7,9H2,1-4H3. The first-order chi connectivity index (χ1) is 10.1. The van der Waals surface area contributed by atoms with Gasteiger partial charge in [0.2, 0.25) is 0 Å². The van der Waals surface area contributed by atoms with Gasteiger partial charge in [0.1, 0.15) is 5.75 Å². The van der Waals surface area contributed by atoms with E-state index in [9.17, 15) is 0 Å². The maximum Gasteiger partial charge on any atom is 0.119 e. The lowest BCUT2D eigenvalue weighted by molar-refractivity contribution is 0.413. The summed E-state index contributed by atoms with van der Waals surface area (Å²) in [5, 5.41) is 8.17. The zero-order valence-corrected chi connectivity index (χ0v) is 13.2. The molecular formula is C17H23N3O. The van der Waals surface area contributed by atoms with E-state index in [-0.39, 0.29) is 0 Å². The summed E-state index contributed by atoms with van der Waals surface area (Å²) in [6, 6.07) is 6.89. The molecule has 0 fully saturated rings. The van der Waals surface area contributed by atoms with E-state index in [0.717, 1.165) is 30.7 Å². The molecule has 0 saturated carbocycles. The van der Waals surface area contributed by atoms with Gasteiger partial charge in [0.15, 0.2) is 0 Å². The van der Waals surface area contributed by atoms with Crippen molar-refractivity contribution in [3.8, 4) is 5.75 Å². The van der Waals surface area contributed by atoms with Crippen LogP contribution in [0.2, 0.25) is 0 Å². The molecule has 0 spiro atoms. The van der Waals surface area contributed by atoms with Crippen LogP contribution in [0, 0.1) is 13.8 Å². The van der Waals surface area contributed by atoms with Gasteiger partial charge in [0.25, 0.3) is 0 Å². The number of nitrogens with one attached hydrogen (secondary N) is 1. The first-order valence-corrected chi connectivity index (χ1v) is 7.51. The van der Waals surface area contributed by atoms with E-state index in [2.05, 4.69) is 42.5 Å². The number of rotatable bonds is 3. The van der Waals surface area contributed by atoms with Crippen molar-refractivity contribution in [3.63, 3.8) is 0 Å². The van der Waals surface area contributed by atoms with Crippen LogP contribution in [0.4, 0.5) is 5.69 Å². The van der Waals surface area contributed by atoms with Gasteiger partial charge in [-0.3, -0.25) is 4.68 Å². The van der Waals surface area contributed by atoms with E-state index in [1.54, 1.807) is 7.11 Å². The lowest BCUT2D eigenvalue weighted by atomic mass is 9.88. The second kappa shape index (κ2) is 5.43. The summed E-state index contributed by atoms with van der Waals surface area (Å²) < 4.78 is 7.28. The highest BCUT2D eigenvalue weighted by Crippen LogP contribution is 2.28. The summed E-state index contributed by atoms with van der Waals surface area (Å²) in [6.07, 6.45) is 3.32. The SMILES string of the molecule is COc1ccc2c(c1)CC(Nc1c(C)nn(C)c1C)CC2. The Kier molecular flexibility index (Phi) is 3.62. The third-order valence-corrected chi connectivity index (χ3v) is 4.50. The number of methoxy groups -OCH3 is 1. The Morgan fingerprint density at radius 1 is 1.29 bits per heavy atom. The van der Waals surface area contributed by atoms with Gasteiger partial charge in [-0.15, -0.1) is 0 Å². The van der Waals surface area contributed by atoms with Crippen LogP contribution in [0.15, 0.2) is 18.2 Å². The van der Waals surface area contributed by atoms with Crippen molar-refractivity contribution >= 4 is 5.69 Å². The summed E-state index contributed by atoms with van der Waals surface area (Å²) in [5.41, 5.74) is 6.31. The molecule has 4 nitrogen and oxygen atoms in total. The van der Waals surface area contributed by atoms with Crippen LogP contribution in [0.5, 0.6) is 5.75 Å². The van der Waals surface area contributed by atoms with Crippen LogP contribution in [-0.4, -0.2) is 22.9 Å². The second-order valence-electron chi connectivity index (χ2n) is 5.89. The van der Waals surface area contributed by atoms with Crippen LogP contribution in [0.1, 0.15) is 28.9 Å². The normalized spacial score (nSPS) is 17.4. The number of anilines is 1. The lowest BCUT2D eigenvalue weighted by Gasteiger charge is -2.27. The molecule has 2 aromatic rings. The van der Waals surface area contributed by atoms with Gasteiger partial charge in [-0.25, -0.2) is 0 Å². The van der Waals surface area contributed by atoms with E-state index >= 15 is 0 Å². The fourth-order valence-corrected chi connectivity index (χ4v) is 3.17. The van der Waals surface area contributed by atoms with Gasteiger partial charge >= 0.3 is 0 Å². The number of fused-ring (bicyclic) bond motifs is 1. The molecule has 4 heteroatoms. The molecule has 1 atom stereocenters. The number of hydrogen-bond donors (Lipinski definition) is 1. The predicted octanol–water partition coefficient (Wildman–Crippen LogP) is 3.01. The van der Waals surface area contributed by atoms with Gasteiger partial charge in [-0.2, -0.15) is 5.10 Å². The van der Waals surface area contributed by atoms with Crippen molar-refractivity contribution in [2.75, 3.05) is 12.4 Å². The monoisotopic (exact) mass is 285 g/mol. The summed E-state index contributed by atoms with van der Waals surface area (Å²) in [5.74, 6) is 0.947. The molecular weight excluding hydrogens is 262 g/mol. The Hall–Kier alpha value is -1.97. The van der Waals surface area contributed by atoms with E-state index < -0.39 is 0 Å². The van der Waals surface area contributed by atoms with Crippen molar-refractivity contribution in [2.45, 2.75) is 39.2 Å². The third kappa shape index (κ3) is 2.62. The summed E-state index contributed by atoms with van der Waals surface area (Å²) in [7, 11) is 3.72. The van der Waals surface area contributed by atoms with Gasteiger partial charge in [-0.1, -0.05) is 6.07 Å². The molecule has 112 valence electrons. The largest absolute Gasteiger partial charge is 0.497 e. The molecule has 1 aromatic heterocycles. The number of benzene rings is 1. The van der Waals surface area contributed by atoms with Gasteiger partial charge in [-0.05, 0) is 56.4 Å². The fraction of sp³-hybridized carbons (Fsp3) is 0.471. The van der Waals surface area contributed by atoms with Crippen molar-refractivity contribution in [1.82, 2.24) is 9.78 Å². The zero-order valence-electron chi connectivity index (χ0n) is 13.2. The molecule has 1 N–H and O–H groups in total. The van der Waals surface area contributed by atoms with Crippen molar-refractivity contribution in [3.05, 3.63) is 40.7 Å². The lowest BCUT2D eigenvalue weighted by Crippen LogP contribution is -2.27. The number of aryl methyl sites for hydroxylation is 3. The first kappa shape index (κ1) is 14.0. The maximum atomic E-state index is 5.34. The molecule has 0 bridgehead atoms. The number of hydrogen-bond acceptors (Lipinski definition) is 3. The molecule has 1 unspecified atom stereocenters. The van der Waals surface area contributed by atoms with Crippen molar-refractivity contribution in [2.24, 2.45) is 7.05 Å². The molecule has 1 aromatic carbocycles. The maximum absolute atomic E-state index is 5.34. The highest BCUT2D eigenvalue weighted by atomic mass is 16.5. The minimum Gasteiger partial charge on any atom is -0.497 e. The van der Waals surface area contributed by atoms with Gasteiger partial charge < -0.3 is 10.1 Å². The molecule has 21 heavy (non-hydrogen) atoms. The highest BCUT2D eigenvalue weighted by Gasteiger charge is 2.21. The third-order valence-electron chi connectivity index (χ3n) is 4.50. The van der Waals surface area contributed by atoms with Crippen LogP contribution in [0.25, 0.3) is 0 Å². The van der Waals surface area contributed by atoms with Crippen LogP contribution < -0.4 is 10.1 Å². The Bertz CT molecular complexity index is 660. The molecule has 0 radical (unpaired) electrons. The highest BCUT2D eigenvalue weighted by molar-refractivity contribution is 5.53. The quantitative estimate of drug-likeness (QED) is 0.942. The predicted molar refractivity (Wildman–Crippen MR) is 85.1 cm³/mol. The van der Waals surface area contributed by atoms with E-state index in [1.807, 2.05) is 11.7 Å². The van der Waals surface area contributed by atoms with Crippen molar-refractivity contribution in [1.29, 1.82) is 0 Å². The van der Waals surface area contributed by atoms with E-state index in [0.29, 0.717) is 6.04 Å². The minimum atomic E-state index is 0.464. The Balaban J connectivity index is 1.79. The molecule has 1 aliphatic carbocycles. The Morgan fingerprint density at radius 3 is 2.76 bits per heavy atom. The number of ether oxygens (including phenoxy) is 1. The van der Waals surface area contributed by atoms with Gasteiger partial charge in [0, 0.05) is 13.1 Å². The molecule has 0 aliphatic heterocycles. The topological polar surface area (TPSA) is 39.1 Å². The van der Waals surface area contributed by atoms with Crippen LogP contribution in [-0.2, 0) is 19.9 Å². The summed E-state index contributed by atoms with van der Waals surface area (Å²) >= 11 is 0. The summed E-state index contributed by atoms with van der Waals surface area (Å²) in [4.78, 5) is 0. The molecule has 0 amide bonds. The van der Waals surface area contributed by atoms with E-state index in [1.165, 1.54) is 22.5 Å². The van der Waals surface area contributed by atoms with Crippen LogP contribution in [0.3, 0.4) is 0 Å². The average Bonchev–Trinajstić information content (AvgIpc) is 2.73. The molecule has 0 saturated heterocycles. The van der Waals surface area contributed by atoms with Crippen LogP contribution >= 0.6 is 0 Å². The zero-order chi connectivity index (χ0) is 15.0. The van der Waals surface area contributed by atoms with Crippen molar-refractivity contribution < 1.29 is 4.74 Å². The van der Waals surface area contributed by atoms with Gasteiger partial charge in [0.05, 0.1) is 24.2 Å². The minimum absolute atomic E-state index is 0.464.